The molecule has 1 fully saturated rings. The fourth-order valence-electron chi connectivity index (χ4n) is 3.52. The summed E-state index contributed by atoms with van der Waals surface area (Å²) < 4.78 is 12.3. The van der Waals surface area contributed by atoms with Gasteiger partial charge in [0.15, 0.2) is 0 Å². The molecule has 2 aromatic rings. The van der Waals surface area contributed by atoms with Crippen molar-refractivity contribution in [2.75, 3.05) is 13.1 Å². The molecule has 0 saturated carbocycles. The second-order valence-electron chi connectivity index (χ2n) is 8.75. The van der Waals surface area contributed by atoms with Crippen molar-refractivity contribution >= 4 is 22.0 Å². The van der Waals surface area contributed by atoms with E-state index in [2.05, 4.69) is 44.3 Å². The molecular formula is C24H31BrN2O3. The number of piperidine rings is 1. The molecule has 3 rings (SSSR count). The average molecular weight is 475 g/mol. The Morgan fingerprint density at radius 3 is 2.67 bits per heavy atom. The zero-order valence-electron chi connectivity index (χ0n) is 18.0. The zero-order chi connectivity index (χ0) is 21.6. The summed E-state index contributed by atoms with van der Waals surface area (Å²) in [6, 6.07) is 16.4. The summed E-state index contributed by atoms with van der Waals surface area (Å²) in [4.78, 5) is 14.4. The van der Waals surface area contributed by atoms with Crippen LogP contribution in [0.2, 0.25) is 0 Å². The van der Waals surface area contributed by atoms with Crippen molar-refractivity contribution in [3.63, 3.8) is 0 Å². The van der Waals surface area contributed by atoms with Crippen molar-refractivity contribution in [2.45, 2.75) is 58.4 Å². The molecule has 0 spiro atoms. The molecule has 6 heteroatoms. The van der Waals surface area contributed by atoms with Gasteiger partial charge in [-0.05, 0) is 63.4 Å². The van der Waals surface area contributed by atoms with Gasteiger partial charge in [-0.25, -0.2) is 4.79 Å². The molecule has 2 aromatic carbocycles. The third-order valence-electron chi connectivity index (χ3n) is 4.89. The van der Waals surface area contributed by atoms with Gasteiger partial charge in [0.25, 0.3) is 0 Å². The Kier molecular flexibility index (Phi) is 7.78. The van der Waals surface area contributed by atoms with Crippen LogP contribution in [0.25, 0.3) is 0 Å². The molecule has 30 heavy (non-hydrogen) atoms. The summed E-state index contributed by atoms with van der Waals surface area (Å²) in [6.07, 6.45) is 1.69. The number of rotatable bonds is 6. The van der Waals surface area contributed by atoms with E-state index in [1.807, 2.05) is 51.1 Å². The van der Waals surface area contributed by atoms with E-state index in [0.29, 0.717) is 6.61 Å². The number of nitrogens with zero attached hydrogens (tertiary/aromatic N) is 1. The highest BCUT2D eigenvalue weighted by molar-refractivity contribution is 9.10. The second-order valence-corrected chi connectivity index (χ2v) is 9.60. The molecule has 0 radical (unpaired) electrons. The summed E-state index contributed by atoms with van der Waals surface area (Å²) in [5.74, 6) is 0.845. The quantitative estimate of drug-likeness (QED) is 0.598. The van der Waals surface area contributed by atoms with Crippen molar-refractivity contribution in [1.29, 1.82) is 0 Å². The maximum absolute atomic E-state index is 12.1. The van der Waals surface area contributed by atoms with Crippen LogP contribution in [-0.4, -0.2) is 35.7 Å². The predicted octanol–water partition coefficient (Wildman–Crippen LogP) is 5.52. The van der Waals surface area contributed by atoms with Crippen molar-refractivity contribution in [1.82, 2.24) is 10.2 Å². The first-order valence-corrected chi connectivity index (χ1v) is 11.2. The molecule has 0 bridgehead atoms. The summed E-state index contributed by atoms with van der Waals surface area (Å²) in [5.41, 5.74) is 1.88. The Morgan fingerprint density at radius 2 is 1.97 bits per heavy atom. The fourth-order valence-corrected chi connectivity index (χ4v) is 4.00. The van der Waals surface area contributed by atoms with Crippen LogP contribution < -0.4 is 10.1 Å². The number of hydrogen-bond acceptors (Lipinski definition) is 4. The first-order chi connectivity index (χ1) is 14.3. The third-order valence-corrected chi connectivity index (χ3v) is 5.63. The summed E-state index contributed by atoms with van der Waals surface area (Å²) in [7, 11) is 0. The maximum Gasteiger partial charge on any atom is 0.407 e. The summed E-state index contributed by atoms with van der Waals surface area (Å²) in [5, 5.41) is 3.01. The number of ether oxygens (including phenoxy) is 2. The smallest absolute Gasteiger partial charge is 0.407 e. The summed E-state index contributed by atoms with van der Waals surface area (Å²) in [6.45, 7) is 8.85. The van der Waals surface area contributed by atoms with E-state index in [9.17, 15) is 4.79 Å². The number of alkyl carbamates (subject to hydrolysis) is 1. The van der Waals surface area contributed by atoms with Crippen LogP contribution in [-0.2, 0) is 17.9 Å². The van der Waals surface area contributed by atoms with Gasteiger partial charge in [-0.15, -0.1) is 0 Å². The monoisotopic (exact) mass is 474 g/mol. The van der Waals surface area contributed by atoms with Crippen molar-refractivity contribution in [3.05, 3.63) is 64.1 Å². The van der Waals surface area contributed by atoms with E-state index < -0.39 is 5.60 Å². The van der Waals surface area contributed by atoms with Gasteiger partial charge >= 0.3 is 6.09 Å². The van der Waals surface area contributed by atoms with Crippen LogP contribution in [0.4, 0.5) is 4.79 Å². The van der Waals surface area contributed by atoms with Crippen LogP contribution in [0.5, 0.6) is 5.75 Å². The van der Waals surface area contributed by atoms with Gasteiger partial charge in [-0.1, -0.05) is 52.3 Å². The Labute approximate surface area is 187 Å². The minimum absolute atomic E-state index is 0.112. The molecular weight excluding hydrogens is 444 g/mol. The van der Waals surface area contributed by atoms with E-state index in [1.165, 1.54) is 5.56 Å². The Hall–Kier alpha value is -2.05. The first kappa shape index (κ1) is 22.6. The largest absolute Gasteiger partial charge is 0.489 e. The number of halogens is 1. The number of likely N-dealkylation sites (tertiary alicyclic amines) is 1. The number of nitrogens with one attached hydrogen (secondary N) is 1. The second kappa shape index (κ2) is 10.3. The van der Waals surface area contributed by atoms with Crippen LogP contribution >= 0.6 is 15.9 Å². The van der Waals surface area contributed by atoms with Gasteiger partial charge < -0.3 is 14.8 Å². The molecule has 1 aliphatic rings. The van der Waals surface area contributed by atoms with Crippen molar-refractivity contribution < 1.29 is 14.3 Å². The van der Waals surface area contributed by atoms with Gasteiger partial charge in [0.05, 0.1) is 0 Å². The van der Waals surface area contributed by atoms with Crippen LogP contribution in [0.3, 0.4) is 0 Å². The number of carbonyl (C=O) groups excluding carboxylic acids is 1. The zero-order valence-corrected chi connectivity index (χ0v) is 19.6. The normalized spacial score (nSPS) is 17.4. The number of hydrogen-bond donors (Lipinski definition) is 1. The molecule has 1 atom stereocenters. The number of carbonyl (C=O) groups is 1. The molecule has 1 aliphatic heterocycles. The van der Waals surface area contributed by atoms with E-state index >= 15 is 0 Å². The molecule has 0 aromatic heterocycles. The minimum atomic E-state index is -0.479. The average Bonchev–Trinajstić information content (AvgIpc) is 2.68. The van der Waals surface area contributed by atoms with E-state index in [4.69, 9.17) is 9.47 Å². The number of benzene rings is 2. The van der Waals surface area contributed by atoms with Crippen LogP contribution in [0, 0.1) is 0 Å². The highest BCUT2D eigenvalue weighted by Gasteiger charge is 2.24. The molecule has 0 aliphatic carbocycles. The van der Waals surface area contributed by atoms with Crippen LogP contribution in [0.1, 0.15) is 44.7 Å². The molecule has 1 unspecified atom stereocenters. The highest BCUT2D eigenvalue weighted by atomic mass is 79.9. The molecule has 1 N–H and O–H groups in total. The first-order valence-electron chi connectivity index (χ1n) is 10.5. The third kappa shape index (κ3) is 7.33. The molecule has 1 saturated heterocycles. The van der Waals surface area contributed by atoms with Crippen molar-refractivity contribution in [2.24, 2.45) is 0 Å². The Balaban J connectivity index is 1.52. The lowest BCUT2D eigenvalue weighted by Crippen LogP contribution is -2.48. The van der Waals surface area contributed by atoms with Crippen molar-refractivity contribution in [3.8, 4) is 5.75 Å². The number of amides is 1. The Morgan fingerprint density at radius 1 is 1.20 bits per heavy atom. The fraction of sp³-hybridized carbons (Fsp3) is 0.458. The van der Waals surface area contributed by atoms with Gasteiger partial charge in [0.2, 0.25) is 0 Å². The molecule has 5 nitrogen and oxygen atoms in total. The van der Waals surface area contributed by atoms with E-state index in [1.54, 1.807) is 0 Å². The standard InChI is InChI=1S/C24H31BrN2O3/c1-24(2,3)30-23(28)26-20-10-7-13-27(16-20)15-19-11-12-21(14-22(19)25)29-17-18-8-5-4-6-9-18/h4-6,8-9,11-12,14,20H,7,10,13,15-17H2,1-3H3,(H,26,28). The maximum atomic E-state index is 12.1. The van der Waals surface area contributed by atoms with Crippen LogP contribution in [0.15, 0.2) is 53.0 Å². The lowest BCUT2D eigenvalue weighted by Gasteiger charge is -2.33. The van der Waals surface area contributed by atoms with Gasteiger partial charge in [-0.3, -0.25) is 4.90 Å². The molecule has 1 amide bonds. The molecule has 162 valence electrons. The topological polar surface area (TPSA) is 50.8 Å². The predicted molar refractivity (Wildman–Crippen MR) is 123 cm³/mol. The summed E-state index contributed by atoms with van der Waals surface area (Å²) >= 11 is 3.69. The SMILES string of the molecule is CC(C)(C)OC(=O)NC1CCCN(Cc2ccc(OCc3ccccc3)cc2Br)C1. The van der Waals surface area contributed by atoms with Gasteiger partial charge in [0, 0.05) is 23.6 Å². The lowest BCUT2D eigenvalue weighted by atomic mass is 10.0. The lowest BCUT2D eigenvalue weighted by molar-refractivity contribution is 0.0470. The van der Waals surface area contributed by atoms with E-state index in [-0.39, 0.29) is 12.1 Å². The van der Waals surface area contributed by atoms with Gasteiger partial charge in [0.1, 0.15) is 18.0 Å². The minimum Gasteiger partial charge on any atom is -0.489 e. The molecule has 1 heterocycles. The highest BCUT2D eigenvalue weighted by Crippen LogP contribution is 2.26. The van der Waals surface area contributed by atoms with Gasteiger partial charge in [-0.2, -0.15) is 0 Å². The van der Waals surface area contributed by atoms with E-state index in [0.717, 1.165) is 48.3 Å². The Bertz CT molecular complexity index is 836.